The molecule has 1 saturated carbocycles. The van der Waals surface area contributed by atoms with E-state index in [4.69, 9.17) is 9.72 Å². The first-order valence-corrected chi connectivity index (χ1v) is 9.04. The molecule has 0 atom stereocenters. The lowest BCUT2D eigenvalue weighted by Gasteiger charge is -2.28. The summed E-state index contributed by atoms with van der Waals surface area (Å²) in [6.45, 7) is 6.70. The normalized spacial score (nSPS) is 17.4. The van der Waals surface area contributed by atoms with Crippen LogP contribution in [0.4, 0.5) is 0 Å². The summed E-state index contributed by atoms with van der Waals surface area (Å²) in [7, 11) is 1.71. The van der Waals surface area contributed by atoms with Gasteiger partial charge >= 0.3 is 0 Å². The van der Waals surface area contributed by atoms with Crippen molar-refractivity contribution in [2.45, 2.75) is 52.1 Å². The van der Waals surface area contributed by atoms with Crippen molar-refractivity contribution in [3.8, 4) is 5.75 Å². The first-order valence-electron chi connectivity index (χ1n) is 9.04. The summed E-state index contributed by atoms with van der Waals surface area (Å²) in [5.41, 5.74) is 5.65. The molecule has 4 rings (SSSR count). The third-order valence-electron chi connectivity index (χ3n) is 5.59. The number of nitrogens with one attached hydrogen (secondary N) is 1. The van der Waals surface area contributed by atoms with Gasteiger partial charge in [-0.3, -0.25) is 9.69 Å². The van der Waals surface area contributed by atoms with Crippen LogP contribution in [0.25, 0.3) is 0 Å². The molecule has 1 aliphatic carbocycles. The monoisotopic (exact) mass is 339 g/mol. The molecule has 2 aromatic rings. The highest BCUT2D eigenvalue weighted by atomic mass is 16.5. The Kier molecular flexibility index (Phi) is 4.12. The van der Waals surface area contributed by atoms with E-state index in [1.807, 2.05) is 6.07 Å². The van der Waals surface area contributed by atoms with E-state index in [0.717, 1.165) is 55.2 Å². The Morgan fingerprint density at radius 3 is 2.80 bits per heavy atom. The second kappa shape index (κ2) is 6.30. The standard InChI is InChI=1S/C20H25N3O2/c1-12-13(2)18(25-3)7-6-15(12)10-23-9-8-17-16(11-23)20(24)22-19(21-17)14-4-5-14/h6-7,14H,4-5,8-11H2,1-3H3,(H,21,22,24). The molecule has 1 aromatic carbocycles. The third kappa shape index (κ3) is 3.09. The summed E-state index contributed by atoms with van der Waals surface area (Å²) in [6.07, 6.45) is 3.17. The molecule has 1 fully saturated rings. The first-order chi connectivity index (χ1) is 12.1. The molecular weight excluding hydrogens is 314 g/mol. The smallest absolute Gasteiger partial charge is 0.255 e. The minimum absolute atomic E-state index is 0.0548. The molecule has 0 unspecified atom stereocenters. The predicted octanol–water partition coefficient (Wildman–Crippen LogP) is 2.83. The number of fused-ring (bicyclic) bond motifs is 1. The fourth-order valence-electron chi connectivity index (χ4n) is 3.67. The largest absolute Gasteiger partial charge is 0.496 e. The van der Waals surface area contributed by atoms with Gasteiger partial charge in [-0.1, -0.05) is 6.07 Å². The first kappa shape index (κ1) is 16.3. The minimum Gasteiger partial charge on any atom is -0.496 e. The van der Waals surface area contributed by atoms with Crippen LogP contribution in [0.15, 0.2) is 16.9 Å². The van der Waals surface area contributed by atoms with Gasteiger partial charge in [0, 0.05) is 32.0 Å². The lowest BCUT2D eigenvalue weighted by Crippen LogP contribution is -2.36. The lowest BCUT2D eigenvalue weighted by atomic mass is 10.0. The Hall–Kier alpha value is -2.14. The Morgan fingerprint density at radius 2 is 2.08 bits per heavy atom. The number of hydrogen-bond acceptors (Lipinski definition) is 4. The maximum absolute atomic E-state index is 12.5. The van der Waals surface area contributed by atoms with Crippen molar-refractivity contribution >= 4 is 0 Å². The Bertz CT molecular complexity index is 868. The Balaban J connectivity index is 1.55. The van der Waals surface area contributed by atoms with Crippen LogP contribution >= 0.6 is 0 Å². The van der Waals surface area contributed by atoms with E-state index in [1.165, 1.54) is 16.7 Å². The van der Waals surface area contributed by atoms with Crippen LogP contribution < -0.4 is 10.3 Å². The SMILES string of the molecule is COc1ccc(CN2CCc3nc(C4CC4)[nH]c(=O)c3C2)c(C)c1C. The predicted molar refractivity (Wildman–Crippen MR) is 97.1 cm³/mol. The molecule has 1 aromatic heterocycles. The van der Waals surface area contributed by atoms with Crippen LogP contribution in [-0.4, -0.2) is 28.5 Å². The molecule has 1 N–H and O–H groups in total. The number of hydrogen-bond donors (Lipinski definition) is 1. The molecule has 0 amide bonds. The quantitative estimate of drug-likeness (QED) is 0.930. The molecule has 5 nitrogen and oxygen atoms in total. The number of methoxy groups -OCH3 is 1. The van der Waals surface area contributed by atoms with Crippen molar-refractivity contribution in [1.29, 1.82) is 0 Å². The number of benzene rings is 1. The van der Waals surface area contributed by atoms with Crippen molar-refractivity contribution in [2.24, 2.45) is 0 Å². The highest BCUT2D eigenvalue weighted by molar-refractivity contribution is 5.43. The molecule has 0 spiro atoms. The zero-order valence-corrected chi connectivity index (χ0v) is 15.2. The summed E-state index contributed by atoms with van der Waals surface area (Å²) in [6, 6.07) is 4.17. The van der Waals surface area contributed by atoms with Gasteiger partial charge in [-0.25, -0.2) is 4.98 Å². The van der Waals surface area contributed by atoms with E-state index < -0.39 is 0 Å². The Morgan fingerprint density at radius 1 is 1.28 bits per heavy atom. The van der Waals surface area contributed by atoms with Gasteiger partial charge in [0.2, 0.25) is 0 Å². The van der Waals surface area contributed by atoms with Crippen molar-refractivity contribution in [2.75, 3.05) is 13.7 Å². The van der Waals surface area contributed by atoms with E-state index in [9.17, 15) is 4.79 Å². The maximum Gasteiger partial charge on any atom is 0.255 e. The van der Waals surface area contributed by atoms with E-state index in [0.29, 0.717) is 12.5 Å². The van der Waals surface area contributed by atoms with Gasteiger partial charge in [-0.05, 0) is 49.4 Å². The summed E-state index contributed by atoms with van der Waals surface area (Å²) in [4.78, 5) is 22.6. The number of H-pyrrole nitrogens is 1. The van der Waals surface area contributed by atoms with Crippen LogP contribution in [0.5, 0.6) is 5.75 Å². The summed E-state index contributed by atoms with van der Waals surface area (Å²) >= 11 is 0. The Labute approximate surface area is 148 Å². The highest BCUT2D eigenvalue weighted by Crippen LogP contribution is 2.37. The van der Waals surface area contributed by atoms with Gasteiger partial charge in [-0.15, -0.1) is 0 Å². The molecule has 5 heteroatoms. The summed E-state index contributed by atoms with van der Waals surface area (Å²) in [5, 5.41) is 0. The number of ether oxygens (including phenoxy) is 1. The van der Waals surface area contributed by atoms with Gasteiger partial charge in [0.05, 0.1) is 18.4 Å². The number of nitrogens with zero attached hydrogens (tertiary/aromatic N) is 2. The summed E-state index contributed by atoms with van der Waals surface area (Å²) in [5.74, 6) is 2.32. The van der Waals surface area contributed by atoms with E-state index >= 15 is 0 Å². The topological polar surface area (TPSA) is 58.2 Å². The fourth-order valence-corrected chi connectivity index (χ4v) is 3.67. The van der Waals surface area contributed by atoms with E-state index in [-0.39, 0.29) is 5.56 Å². The molecule has 0 saturated heterocycles. The molecule has 25 heavy (non-hydrogen) atoms. The van der Waals surface area contributed by atoms with Crippen LogP contribution in [0.1, 0.15) is 52.5 Å². The molecule has 132 valence electrons. The molecule has 2 aliphatic rings. The van der Waals surface area contributed by atoms with Crippen molar-refractivity contribution in [3.05, 3.63) is 56.3 Å². The van der Waals surface area contributed by atoms with Gasteiger partial charge in [0.1, 0.15) is 11.6 Å². The van der Waals surface area contributed by atoms with Gasteiger partial charge in [0.15, 0.2) is 0 Å². The van der Waals surface area contributed by atoms with Crippen LogP contribution in [0.2, 0.25) is 0 Å². The summed E-state index contributed by atoms with van der Waals surface area (Å²) < 4.78 is 5.40. The van der Waals surface area contributed by atoms with E-state index in [2.05, 4.69) is 29.8 Å². The zero-order chi connectivity index (χ0) is 17.6. The average Bonchev–Trinajstić information content (AvgIpc) is 3.45. The van der Waals surface area contributed by atoms with Crippen molar-refractivity contribution in [1.82, 2.24) is 14.9 Å². The molecular formula is C20H25N3O2. The molecule has 0 radical (unpaired) electrons. The van der Waals surface area contributed by atoms with Crippen molar-refractivity contribution < 1.29 is 4.74 Å². The number of aromatic amines is 1. The minimum atomic E-state index is 0.0548. The van der Waals surface area contributed by atoms with Crippen molar-refractivity contribution in [3.63, 3.8) is 0 Å². The highest BCUT2D eigenvalue weighted by Gasteiger charge is 2.29. The van der Waals surface area contributed by atoms with Crippen LogP contribution in [0.3, 0.4) is 0 Å². The third-order valence-corrected chi connectivity index (χ3v) is 5.59. The lowest BCUT2D eigenvalue weighted by molar-refractivity contribution is 0.241. The number of aromatic nitrogens is 2. The van der Waals surface area contributed by atoms with Gasteiger partial charge < -0.3 is 9.72 Å². The van der Waals surface area contributed by atoms with Crippen LogP contribution in [0, 0.1) is 13.8 Å². The van der Waals surface area contributed by atoms with Gasteiger partial charge in [-0.2, -0.15) is 0 Å². The molecule has 1 aliphatic heterocycles. The fraction of sp³-hybridized carbons (Fsp3) is 0.500. The van der Waals surface area contributed by atoms with Gasteiger partial charge in [0.25, 0.3) is 5.56 Å². The van der Waals surface area contributed by atoms with E-state index in [1.54, 1.807) is 7.11 Å². The molecule has 0 bridgehead atoms. The zero-order valence-electron chi connectivity index (χ0n) is 15.2. The maximum atomic E-state index is 12.5. The second-order valence-corrected chi connectivity index (χ2v) is 7.29. The average molecular weight is 339 g/mol. The molecule has 2 heterocycles. The second-order valence-electron chi connectivity index (χ2n) is 7.29. The number of rotatable bonds is 4. The van der Waals surface area contributed by atoms with Crippen LogP contribution in [-0.2, 0) is 19.5 Å².